The average Bonchev–Trinajstić information content (AvgIpc) is 3.18. The van der Waals surface area contributed by atoms with Crippen LogP contribution in [0, 0.1) is 5.82 Å². The quantitative estimate of drug-likeness (QED) is 0.832. The Kier molecular flexibility index (Phi) is 5.74. The molecule has 4 nitrogen and oxygen atoms in total. The van der Waals surface area contributed by atoms with Crippen LogP contribution in [-0.2, 0) is 6.42 Å². The number of aromatic amines is 1. The van der Waals surface area contributed by atoms with Gasteiger partial charge < -0.3 is 9.88 Å². The molecule has 0 bridgehead atoms. The van der Waals surface area contributed by atoms with Gasteiger partial charge in [0.2, 0.25) is 0 Å². The summed E-state index contributed by atoms with van der Waals surface area (Å²) in [5, 5.41) is 0.432. The van der Waals surface area contributed by atoms with E-state index >= 15 is 0 Å². The molecular weight excluding hydrogens is 377 g/mol. The van der Waals surface area contributed by atoms with Gasteiger partial charge in [-0.2, -0.15) is 0 Å². The minimum absolute atomic E-state index is 0.0575. The number of anilines is 1. The van der Waals surface area contributed by atoms with Gasteiger partial charge in [0.1, 0.15) is 5.82 Å². The smallest absolute Gasteiger partial charge is 0.251 e. The maximum Gasteiger partial charge on any atom is 0.251 e. The number of aryl methyl sites for hydroxylation is 1. The molecule has 1 saturated carbocycles. The Morgan fingerprint density at radius 3 is 2.61 bits per heavy atom. The third kappa shape index (κ3) is 3.96. The Balaban J connectivity index is 1.36. The third-order valence-electron chi connectivity index (χ3n) is 6.32. The summed E-state index contributed by atoms with van der Waals surface area (Å²) in [6, 6.07) is 9.51. The summed E-state index contributed by atoms with van der Waals surface area (Å²) in [5.41, 5.74) is 2.62. The van der Waals surface area contributed by atoms with Gasteiger partial charge >= 0.3 is 0 Å². The fourth-order valence-electron chi connectivity index (χ4n) is 4.67. The van der Waals surface area contributed by atoms with E-state index in [9.17, 15) is 9.18 Å². The molecule has 150 valence electrons. The standard InChI is InChI=1S/C22H27ClFN3O/c1-2-15-4-7-20(25-22(15)28)16-3-6-18(13-16)26-9-11-27(12-10-26)21-8-5-17(23)14-19(21)24/h4-5,7-8,14,16,18H,2-3,6,9-13H2,1H3,(H,25,28)/t16-,18+/m1/s1. The van der Waals surface area contributed by atoms with Crippen LogP contribution < -0.4 is 10.5 Å². The molecule has 0 radical (unpaired) electrons. The van der Waals surface area contributed by atoms with E-state index in [2.05, 4.69) is 20.9 Å². The SMILES string of the molecule is CCc1ccc([C@@H]2CC[C@H](N3CCN(c4ccc(Cl)cc4F)CC3)C2)[nH]c1=O. The van der Waals surface area contributed by atoms with Crippen molar-refractivity contribution in [3.8, 4) is 0 Å². The van der Waals surface area contributed by atoms with Gasteiger partial charge in [-0.1, -0.05) is 24.6 Å². The molecule has 1 aromatic carbocycles. The van der Waals surface area contributed by atoms with E-state index in [-0.39, 0.29) is 11.4 Å². The fourth-order valence-corrected chi connectivity index (χ4v) is 4.83. The van der Waals surface area contributed by atoms with Gasteiger partial charge in [-0.15, -0.1) is 0 Å². The number of pyridine rings is 1. The van der Waals surface area contributed by atoms with Gasteiger partial charge in [0.05, 0.1) is 5.69 Å². The molecule has 0 unspecified atom stereocenters. The summed E-state index contributed by atoms with van der Waals surface area (Å²) in [6.07, 6.45) is 4.10. The molecule has 1 saturated heterocycles. The second-order valence-corrected chi connectivity index (χ2v) is 8.34. The van der Waals surface area contributed by atoms with Gasteiger partial charge in [-0.25, -0.2) is 4.39 Å². The molecule has 28 heavy (non-hydrogen) atoms. The molecule has 0 amide bonds. The largest absolute Gasteiger partial charge is 0.367 e. The third-order valence-corrected chi connectivity index (χ3v) is 6.56. The monoisotopic (exact) mass is 403 g/mol. The Labute approximate surface area is 170 Å². The number of H-pyrrole nitrogens is 1. The van der Waals surface area contributed by atoms with Crippen LogP contribution in [-0.4, -0.2) is 42.1 Å². The minimum atomic E-state index is -0.249. The zero-order valence-corrected chi connectivity index (χ0v) is 17.0. The van der Waals surface area contributed by atoms with Crippen LogP contribution in [0.3, 0.4) is 0 Å². The van der Waals surface area contributed by atoms with E-state index in [0.717, 1.165) is 63.1 Å². The summed E-state index contributed by atoms with van der Waals surface area (Å²) in [6.45, 7) is 5.52. The first kappa shape index (κ1) is 19.5. The summed E-state index contributed by atoms with van der Waals surface area (Å²) in [5.74, 6) is 0.178. The van der Waals surface area contributed by atoms with Crippen molar-refractivity contribution in [3.05, 3.63) is 62.8 Å². The number of hydrogen-bond acceptors (Lipinski definition) is 3. The van der Waals surface area contributed by atoms with E-state index in [4.69, 9.17) is 11.6 Å². The van der Waals surface area contributed by atoms with Gasteiger partial charge in [0.15, 0.2) is 0 Å². The highest BCUT2D eigenvalue weighted by atomic mass is 35.5. The Morgan fingerprint density at radius 1 is 1.14 bits per heavy atom. The Bertz CT molecular complexity index is 892. The zero-order chi connectivity index (χ0) is 19.7. The number of benzene rings is 1. The normalized spacial score (nSPS) is 23.3. The predicted molar refractivity (Wildman–Crippen MR) is 112 cm³/mol. The molecule has 1 N–H and O–H groups in total. The molecule has 2 aromatic rings. The van der Waals surface area contributed by atoms with Gasteiger partial charge in [-0.05, 0) is 49.9 Å². The van der Waals surface area contributed by atoms with Gasteiger partial charge in [0.25, 0.3) is 5.56 Å². The maximum absolute atomic E-state index is 14.2. The summed E-state index contributed by atoms with van der Waals surface area (Å²) >= 11 is 5.87. The topological polar surface area (TPSA) is 39.3 Å². The molecule has 2 heterocycles. The molecule has 1 aromatic heterocycles. The van der Waals surface area contributed by atoms with E-state index < -0.39 is 0 Å². The van der Waals surface area contributed by atoms with Crippen LogP contribution in [0.4, 0.5) is 10.1 Å². The molecular formula is C22H27ClFN3O. The molecule has 6 heteroatoms. The molecule has 2 atom stereocenters. The number of piperazine rings is 1. The lowest BCUT2D eigenvalue weighted by atomic mass is 10.0. The summed E-state index contributed by atoms with van der Waals surface area (Å²) in [7, 11) is 0. The second kappa shape index (κ2) is 8.26. The number of nitrogens with one attached hydrogen (secondary N) is 1. The Morgan fingerprint density at radius 2 is 1.93 bits per heavy atom. The molecule has 1 aliphatic heterocycles. The van der Waals surface area contributed by atoms with Crippen LogP contribution in [0.25, 0.3) is 0 Å². The van der Waals surface area contributed by atoms with Crippen LogP contribution >= 0.6 is 11.6 Å². The van der Waals surface area contributed by atoms with Crippen molar-refractivity contribution in [3.63, 3.8) is 0 Å². The van der Waals surface area contributed by atoms with Crippen LogP contribution in [0.2, 0.25) is 5.02 Å². The minimum Gasteiger partial charge on any atom is -0.367 e. The van der Waals surface area contributed by atoms with Crippen molar-refractivity contribution in [1.82, 2.24) is 9.88 Å². The second-order valence-electron chi connectivity index (χ2n) is 7.90. The highest BCUT2D eigenvalue weighted by molar-refractivity contribution is 6.30. The van der Waals surface area contributed by atoms with Crippen molar-refractivity contribution >= 4 is 17.3 Å². The van der Waals surface area contributed by atoms with Gasteiger partial charge in [0, 0.05) is 54.4 Å². The number of halogens is 2. The lowest BCUT2D eigenvalue weighted by Crippen LogP contribution is -2.50. The molecule has 0 spiro atoms. The molecule has 1 aliphatic carbocycles. The van der Waals surface area contributed by atoms with E-state index in [1.165, 1.54) is 6.07 Å². The van der Waals surface area contributed by atoms with Crippen molar-refractivity contribution in [2.24, 2.45) is 0 Å². The maximum atomic E-state index is 14.2. The van der Waals surface area contributed by atoms with Crippen LogP contribution in [0.15, 0.2) is 35.1 Å². The highest BCUT2D eigenvalue weighted by Gasteiger charge is 2.32. The summed E-state index contributed by atoms with van der Waals surface area (Å²) in [4.78, 5) is 19.9. The highest BCUT2D eigenvalue weighted by Crippen LogP contribution is 2.36. The number of rotatable bonds is 4. The first-order valence-corrected chi connectivity index (χ1v) is 10.6. The van der Waals surface area contributed by atoms with E-state index in [0.29, 0.717) is 22.7 Å². The van der Waals surface area contributed by atoms with Gasteiger partial charge in [-0.3, -0.25) is 9.69 Å². The Hall–Kier alpha value is -1.85. The lowest BCUT2D eigenvalue weighted by Gasteiger charge is -2.39. The van der Waals surface area contributed by atoms with Crippen molar-refractivity contribution < 1.29 is 4.39 Å². The van der Waals surface area contributed by atoms with Crippen molar-refractivity contribution in [2.75, 3.05) is 31.1 Å². The number of nitrogens with zero attached hydrogens (tertiary/aromatic N) is 2. The fraction of sp³-hybridized carbons (Fsp3) is 0.500. The van der Waals surface area contributed by atoms with E-state index in [1.807, 2.05) is 13.0 Å². The average molecular weight is 404 g/mol. The predicted octanol–water partition coefficient (Wildman–Crippen LogP) is 4.19. The molecule has 2 fully saturated rings. The van der Waals surface area contributed by atoms with Crippen LogP contribution in [0.5, 0.6) is 0 Å². The van der Waals surface area contributed by atoms with Crippen molar-refractivity contribution in [2.45, 2.75) is 44.6 Å². The zero-order valence-electron chi connectivity index (χ0n) is 16.3. The first-order chi connectivity index (χ1) is 13.5. The van der Waals surface area contributed by atoms with E-state index in [1.54, 1.807) is 12.1 Å². The molecule has 2 aliphatic rings. The first-order valence-electron chi connectivity index (χ1n) is 10.2. The van der Waals surface area contributed by atoms with Crippen molar-refractivity contribution in [1.29, 1.82) is 0 Å². The lowest BCUT2D eigenvalue weighted by molar-refractivity contribution is 0.186. The summed E-state index contributed by atoms with van der Waals surface area (Å²) < 4.78 is 14.2. The number of hydrogen-bond donors (Lipinski definition) is 1. The van der Waals surface area contributed by atoms with Crippen LogP contribution in [0.1, 0.15) is 43.4 Å². The number of aromatic nitrogens is 1. The molecule has 4 rings (SSSR count).